The quantitative estimate of drug-likeness (QED) is 0.297. The van der Waals surface area contributed by atoms with E-state index in [1.165, 1.54) is 19.9 Å². The smallest absolute Gasteiger partial charge is 0.336 e. The summed E-state index contributed by atoms with van der Waals surface area (Å²) in [6, 6.07) is 0. The third kappa shape index (κ3) is 3.57. The van der Waals surface area contributed by atoms with E-state index in [-0.39, 0.29) is 18.0 Å². The maximum absolute atomic E-state index is 12.5. The van der Waals surface area contributed by atoms with E-state index in [1.807, 2.05) is 6.92 Å². The lowest BCUT2D eigenvalue weighted by Crippen LogP contribution is -2.53. The molecule has 1 saturated heterocycles. The molecule has 4 aliphatic rings. The van der Waals surface area contributed by atoms with E-state index in [0.717, 1.165) is 0 Å². The average Bonchev–Trinajstić information content (AvgIpc) is 3.27. The molecule has 0 spiro atoms. The van der Waals surface area contributed by atoms with Crippen molar-refractivity contribution in [3.8, 4) is 0 Å². The first-order valence-corrected chi connectivity index (χ1v) is 11.2. The molecule has 0 amide bonds. The van der Waals surface area contributed by atoms with E-state index < -0.39 is 40.9 Å². The summed E-state index contributed by atoms with van der Waals surface area (Å²) < 4.78 is 22.9. The Morgan fingerprint density at radius 3 is 2.44 bits per heavy atom. The number of ether oxygens (including phenoxy) is 4. The van der Waals surface area contributed by atoms with Crippen molar-refractivity contribution in [3.05, 3.63) is 22.8 Å². The number of aliphatic hydroxyl groups is 1. The van der Waals surface area contributed by atoms with Crippen LogP contribution in [0.3, 0.4) is 0 Å². The first-order valence-electron chi connectivity index (χ1n) is 11.2. The zero-order chi connectivity index (χ0) is 23.6. The Balaban J connectivity index is 1.85. The summed E-state index contributed by atoms with van der Waals surface area (Å²) in [6.07, 6.45) is 2.40. The lowest BCUT2D eigenvalue weighted by molar-refractivity contribution is -0.172. The van der Waals surface area contributed by atoms with Gasteiger partial charge in [0.05, 0.1) is 11.7 Å². The van der Waals surface area contributed by atoms with Gasteiger partial charge in [-0.2, -0.15) is 0 Å². The molecule has 1 saturated carbocycles. The molecule has 0 aromatic heterocycles. The minimum absolute atomic E-state index is 0.0681. The molecule has 4 rings (SSSR count). The maximum atomic E-state index is 12.5. The van der Waals surface area contributed by atoms with Crippen LogP contribution in [-0.2, 0) is 33.3 Å². The number of carbonyl (C=O) groups is 3. The van der Waals surface area contributed by atoms with Gasteiger partial charge in [0.15, 0.2) is 0 Å². The van der Waals surface area contributed by atoms with Crippen LogP contribution in [0.4, 0.5) is 0 Å². The lowest BCUT2D eigenvalue weighted by atomic mass is 9.57. The fourth-order valence-corrected chi connectivity index (χ4v) is 6.07. The number of hydrogen-bond donors (Lipinski definition) is 1. The normalized spacial score (nSPS) is 44.8. The first-order chi connectivity index (χ1) is 14.8. The minimum atomic E-state index is -1.92. The van der Waals surface area contributed by atoms with Crippen LogP contribution in [0.2, 0.25) is 0 Å². The topological polar surface area (TPSA) is 112 Å². The van der Waals surface area contributed by atoms with Gasteiger partial charge >= 0.3 is 17.9 Å². The van der Waals surface area contributed by atoms with Gasteiger partial charge in [0.1, 0.15) is 12.2 Å². The molecule has 0 aromatic rings. The Morgan fingerprint density at radius 2 is 1.81 bits per heavy atom. The Morgan fingerprint density at radius 1 is 1.16 bits per heavy atom. The van der Waals surface area contributed by atoms with Crippen LogP contribution in [0.1, 0.15) is 67.2 Å². The fraction of sp³-hybridized carbons (Fsp3) is 0.708. The zero-order valence-electron chi connectivity index (χ0n) is 19.5. The van der Waals surface area contributed by atoms with E-state index in [4.69, 9.17) is 18.9 Å². The predicted octanol–water partition coefficient (Wildman–Crippen LogP) is 2.73. The summed E-state index contributed by atoms with van der Waals surface area (Å²) in [7, 11) is 0. The second-order valence-electron chi connectivity index (χ2n) is 10.1. The molecule has 176 valence electrons. The molecule has 2 heterocycles. The summed E-state index contributed by atoms with van der Waals surface area (Å²) in [5.74, 6) is -3.47. The molecule has 2 aliphatic carbocycles. The van der Waals surface area contributed by atoms with Crippen molar-refractivity contribution >= 4 is 17.9 Å². The lowest BCUT2D eigenvalue weighted by Gasteiger charge is -2.49. The molecular weight excluding hydrogens is 416 g/mol. The van der Waals surface area contributed by atoms with Crippen LogP contribution < -0.4 is 0 Å². The molecule has 0 radical (unpaired) electrons. The van der Waals surface area contributed by atoms with Gasteiger partial charge < -0.3 is 24.1 Å². The Bertz CT molecular complexity index is 934. The van der Waals surface area contributed by atoms with Crippen LogP contribution >= 0.6 is 0 Å². The highest BCUT2D eigenvalue weighted by molar-refractivity contribution is 5.92. The fourth-order valence-electron chi connectivity index (χ4n) is 6.07. The maximum Gasteiger partial charge on any atom is 0.336 e. The van der Waals surface area contributed by atoms with Gasteiger partial charge in [0.2, 0.25) is 0 Å². The van der Waals surface area contributed by atoms with Gasteiger partial charge in [-0.05, 0) is 51.7 Å². The van der Waals surface area contributed by atoms with E-state index in [1.54, 1.807) is 13.8 Å². The number of fused-ring (bicyclic) bond motifs is 4. The van der Waals surface area contributed by atoms with Gasteiger partial charge in [-0.25, -0.2) is 4.79 Å². The van der Waals surface area contributed by atoms with Crippen LogP contribution in [0, 0.1) is 11.3 Å². The molecule has 8 heteroatoms. The van der Waals surface area contributed by atoms with Gasteiger partial charge in [-0.3, -0.25) is 9.59 Å². The summed E-state index contributed by atoms with van der Waals surface area (Å²) >= 11 is 0. The number of carbonyl (C=O) groups excluding carboxylic acids is 3. The van der Waals surface area contributed by atoms with Crippen molar-refractivity contribution < 1.29 is 38.4 Å². The van der Waals surface area contributed by atoms with Crippen LogP contribution in [0.5, 0.6) is 0 Å². The molecule has 0 aromatic carbocycles. The van der Waals surface area contributed by atoms with Gasteiger partial charge in [-0.1, -0.05) is 6.92 Å². The Kier molecular flexibility index (Phi) is 5.33. The Hall–Kier alpha value is -2.19. The standard InChI is InChI=1S/C24H32O8/c1-12-11-24(28)16(13(2)21(27)32-24)9-18-22(5,8-7-17(12)29-14(3)25)19(30-15(4)26)10-20-23(18,6)31-20/h11,17-20,28H,7-10H2,1-6H3/b12-11-/t17-,18+,19-,20-,22+,23+,24?/m0/s1. The third-order valence-corrected chi connectivity index (χ3v) is 7.97. The summed E-state index contributed by atoms with van der Waals surface area (Å²) in [5.41, 5.74) is 0.416. The number of hydrogen-bond acceptors (Lipinski definition) is 8. The predicted molar refractivity (Wildman–Crippen MR) is 112 cm³/mol. The molecule has 32 heavy (non-hydrogen) atoms. The molecule has 1 unspecified atom stereocenters. The highest BCUT2D eigenvalue weighted by Crippen LogP contribution is 2.63. The highest BCUT2D eigenvalue weighted by atomic mass is 16.7. The molecule has 0 bridgehead atoms. The zero-order valence-corrected chi connectivity index (χ0v) is 19.5. The molecule has 2 aliphatic heterocycles. The second-order valence-corrected chi connectivity index (χ2v) is 10.1. The van der Waals surface area contributed by atoms with E-state index in [0.29, 0.717) is 42.4 Å². The van der Waals surface area contributed by atoms with Crippen molar-refractivity contribution in [1.29, 1.82) is 0 Å². The second kappa shape index (κ2) is 7.42. The van der Waals surface area contributed by atoms with Crippen molar-refractivity contribution in [2.24, 2.45) is 11.3 Å². The van der Waals surface area contributed by atoms with Crippen molar-refractivity contribution in [2.45, 2.75) is 96.9 Å². The summed E-state index contributed by atoms with van der Waals surface area (Å²) in [4.78, 5) is 36.2. The third-order valence-electron chi connectivity index (χ3n) is 7.97. The summed E-state index contributed by atoms with van der Waals surface area (Å²) in [6.45, 7) is 10.2. The molecule has 7 atom stereocenters. The van der Waals surface area contributed by atoms with Crippen LogP contribution in [-0.4, -0.2) is 52.7 Å². The van der Waals surface area contributed by atoms with E-state index >= 15 is 0 Å². The van der Waals surface area contributed by atoms with Crippen molar-refractivity contribution in [3.63, 3.8) is 0 Å². The molecule has 2 fully saturated rings. The van der Waals surface area contributed by atoms with Crippen LogP contribution in [0.15, 0.2) is 22.8 Å². The largest absolute Gasteiger partial charge is 0.462 e. The number of epoxide rings is 1. The first kappa shape index (κ1) is 23.0. The van der Waals surface area contributed by atoms with Gasteiger partial charge in [0.25, 0.3) is 5.79 Å². The van der Waals surface area contributed by atoms with Gasteiger partial charge in [-0.15, -0.1) is 0 Å². The number of esters is 3. The minimum Gasteiger partial charge on any atom is -0.462 e. The van der Waals surface area contributed by atoms with Crippen molar-refractivity contribution in [2.75, 3.05) is 0 Å². The number of rotatable bonds is 2. The SMILES string of the molecule is CC(=O)O[C@H]1CC[C@@]2(C)[C@@H](OC(C)=O)C[C@@H]3O[C@]3(C)[C@@H]2CC2=C(C)C(=O)OC2(O)/C=C\1C. The van der Waals surface area contributed by atoms with Crippen LogP contribution in [0.25, 0.3) is 0 Å². The monoisotopic (exact) mass is 448 g/mol. The Labute approximate surface area is 187 Å². The van der Waals surface area contributed by atoms with Crippen molar-refractivity contribution in [1.82, 2.24) is 0 Å². The summed E-state index contributed by atoms with van der Waals surface area (Å²) in [5, 5.41) is 11.4. The molecular formula is C24H32O8. The van der Waals surface area contributed by atoms with Gasteiger partial charge in [0, 0.05) is 42.7 Å². The average molecular weight is 449 g/mol. The van der Waals surface area contributed by atoms with E-state index in [9.17, 15) is 19.5 Å². The van der Waals surface area contributed by atoms with E-state index in [2.05, 4.69) is 6.92 Å². The highest BCUT2D eigenvalue weighted by Gasteiger charge is 2.69. The molecule has 8 nitrogen and oxygen atoms in total. The molecule has 1 N–H and O–H groups in total.